The van der Waals surface area contributed by atoms with Crippen LogP contribution in [0.3, 0.4) is 0 Å². The summed E-state index contributed by atoms with van der Waals surface area (Å²) in [6.07, 6.45) is 0. The minimum Gasteiger partial charge on any atom is -0.323 e. The van der Waals surface area contributed by atoms with Crippen LogP contribution in [-0.4, -0.2) is 23.1 Å². The number of hydrogen-bond acceptors (Lipinski definition) is 5. The van der Waals surface area contributed by atoms with Crippen LogP contribution < -0.4 is 5.84 Å². The molecule has 2 aromatic carbocycles. The van der Waals surface area contributed by atoms with Crippen LogP contribution in [0.5, 0.6) is 0 Å². The van der Waals surface area contributed by atoms with Crippen molar-refractivity contribution in [3.63, 3.8) is 0 Å². The summed E-state index contributed by atoms with van der Waals surface area (Å²) in [6, 6.07) is 12.8. The van der Waals surface area contributed by atoms with E-state index >= 15 is 0 Å². The molecule has 0 spiro atoms. The minimum absolute atomic E-state index is 0.181. The van der Waals surface area contributed by atoms with Crippen LogP contribution in [0.4, 0.5) is 0 Å². The van der Waals surface area contributed by atoms with Crippen LogP contribution in [0.15, 0.2) is 53.6 Å². The first-order valence-corrected chi connectivity index (χ1v) is 7.87. The number of ketones is 3. The van der Waals surface area contributed by atoms with Crippen LogP contribution >= 0.6 is 23.2 Å². The second-order valence-corrected chi connectivity index (χ2v) is 5.82. The predicted octanol–water partition coefficient (Wildman–Crippen LogP) is 3.97. The van der Waals surface area contributed by atoms with Gasteiger partial charge >= 0.3 is 0 Å². The van der Waals surface area contributed by atoms with E-state index in [2.05, 4.69) is 5.10 Å². The van der Waals surface area contributed by atoms with Crippen molar-refractivity contribution in [1.29, 1.82) is 0 Å². The molecule has 0 saturated heterocycles. The van der Waals surface area contributed by atoms with Gasteiger partial charge in [0.2, 0.25) is 11.6 Å². The molecule has 2 aromatic rings. The van der Waals surface area contributed by atoms with E-state index in [0.29, 0.717) is 21.2 Å². The topological polar surface area (TPSA) is 89.6 Å². The first kappa shape index (κ1) is 20.5. The van der Waals surface area contributed by atoms with Gasteiger partial charge in [0.15, 0.2) is 5.78 Å². The number of carbonyl (C=O) groups excluding carboxylic acids is 3. The van der Waals surface area contributed by atoms with Gasteiger partial charge in [0.25, 0.3) is 0 Å². The molecule has 2 N–H and O–H groups in total. The highest BCUT2D eigenvalue weighted by Crippen LogP contribution is 2.11. The molecule has 0 saturated carbocycles. The molecule has 7 heteroatoms. The monoisotopic (exact) mass is 378 g/mol. The van der Waals surface area contributed by atoms with Crippen molar-refractivity contribution in [2.45, 2.75) is 13.8 Å². The summed E-state index contributed by atoms with van der Waals surface area (Å²) in [7, 11) is 0. The van der Waals surface area contributed by atoms with Crippen LogP contribution in [0.1, 0.15) is 34.6 Å². The zero-order valence-electron chi connectivity index (χ0n) is 13.6. The van der Waals surface area contributed by atoms with E-state index in [9.17, 15) is 14.4 Å². The third kappa shape index (κ3) is 6.49. The van der Waals surface area contributed by atoms with Gasteiger partial charge in [-0.15, -0.1) is 0 Å². The molecule has 0 aliphatic carbocycles. The zero-order chi connectivity index (χ0) is 19.0. The Hall–Kier alpha value is -2.50. The van der Waals surface area contributed by atoms with E-state index in [1.807, 2.05) is 0 Å². The number of hydrogen-bond donors (Lipinski definition) is 1. The third-order valence-corrected chi connectivity index (χ3v) is 3.56. The third-order valence-electron chi connectivity index (χ3n) is 3.05. The van der Waals surface area contributed by atoms with E-state index in [0.717, 1.165) is 0 Å². The number of benzene rings is 2. The lowest BCUT2D eigenvalue weighted by molar-refractivity contribution is -0.113. The Morgan fingerprint density at radius 3 is 1.44 bits per heavy atom. The van der Waals surface area contributed by atoms with Crippen molar-refractivity contribution < 1.29 is 14.4 Å². The highest BCUT2D eigenvalue weighted by molar-refractivity contribution is 6.45. The fourth-order valence-corrected chi connectivity index (χ4v) is 1.93. The molecule has 0 unspecified atom stereocenters. The molecule has 130 valence electrons. The number of carbonyl (C=O) groups is 3. The maximum atomic E-state index is 11.4. The molecule has 0 aliphatic heterocycles. The molecule has 5 nitrogen and oxygen atoms in total. The molecule has 0 aliphatic rings. The second kappa shape index (κ2) is 9.71. The maximum Gasteiger partial charge on any atom is 0.228 e. The van der Waals surface area contributed by atoms with Gasteiger partial charge in [-0.1, -0.05) is 23.2 Å². The van der Waals surface area contributed by atoms with E-state index in [1.54, 1.807) is 43.3 Å². The molecule has 0 aromatic heterocycles. The molecule has 0 atom stereocenters. The number of hydrazone groups is 1. The highest BCUT2D eigenvalue weighted by Gasteiger charge is 2.10. The standard InChI is InChI=1S/C9H9ClN2O.C9H7ClO2/c1-6(12-11)9(13)7-2-4-8(10)5-3-7;1-6(11)9(12)7-2-4-8(10)5-3-7/h2-5H,11H2,1H3;2-5H,1H3. The molecule has 0 radical (unpaired) electrons. The fraction of sp³-hybridized carbons (Fsp3) is 0.111. The Kier molecular flexibility index (Phi) is 7.98. The Bertz CT molecular complexity index is 798. The number of halogens is 2. The van der Waals surface area contributed by atoms with Gasteiger partial charge in [-0.25, -0.2) is 0 Å². The average molecular weight is 379 g/mol. The van der Waals surface area contributed by atoms with E-state index in [1.165, 1.54) is 19.1 Å². The fourth-order valence-electron chi connectivity index (χ4n) is 1.67. The van der Waals surface area contributed by atoms with Crippen molar-refractivity contribution in [3.05, 3.63) is 69.7 Å². The summed E-state index contributed by atoms with van der Waals surface area (Å²) in [6.45, 7) is 2.81. The molecule has 0 fully saturated rings. The number of nitrogens with two attached hydrogens (primary N) is 1. The predicted molar refractivity (Wildman–Crippen MR) is 99.5 cm³/mol. The van der Waals surface area contributed by atoms with Gasteiger partial charge in [-0.3, -0.25) is 14.4 Å². The average Bonchev–Trinajstić information content (AvgIpc) is 2.61. The van der Waals surface area contributed by atoms with E-state index < -0.39 is 11.6 Å². The summed E-state index contributed by atoms with van der Waals surface area (Å²) in [4.78, 5) is 33.1. The number of rotatable bonds is 4. The normalized spacial score (nSPS) is 10.5. The SMILES string of the molecule is CC(=NN)C(=O)c1ccc(Cl)cc1.CC(=O)C(=O)c1ccc(Cl)cc1. The Morgan fingerprint density at radius 1 is 0.760 bits per heavy atom. The first-order chi connectivity index (χ1) is 11.8. The quantitative estimate of drug-likeness (QED) is 0.286. The summed E-state index contributed by atoms with van der Waals surface area (Å²) in [5.74, 6) is 3.86. The molecular formula is C18H16Cl2N2O3. The van der Waals surface area contributed by atoms with Crippen molar-refractivity contribution >= 4 is 46.3 Å². The second-order valence-electron chi connectivity index (χ2n) is 4.94. The molecule has 2 rings (SSSR count). The van der Waals surface area contributed by atoms with Crippen molar-refractivity contribution in [3.8, 4) is 0 Å². The molecular weight excluding hydrogens is 363 g/mol. The van der Waals surface area contributed by atoms with Crippen LogP contribution in [0.25, 0.3) is 0 Å². The lowest BCUT2D eigenvalue weighted by atomic mass is 10.1. The Morgan fingerprint density at radius 2 is 1.12 bits per heavy atom. The lowest BCUT2D eigenvalue weighted by Crippen LogP contribution is -2.12. The molecule has 0 heterocycles. The summed E-state index contributed by atoms with van der Waals surface area (Å²) >= 11 is 11.3. The van der Waals surface area contributed by atoms with Gasteiger partial charge in [0.05, 0.1) is 0 Å². The number of nitrogens with zero attached hydrogens (tertiary/aromatic N) is 1. The van der Waals surface area contributed by atoms with Gasteiger partial charge in [-0.2, -0.15) is 5.10 Å². The Labute approximate surface area is 155 Å². The smallest absolute Gasteiger partial charge is 0.228 e. The first-order valence-electron chi connectivity index (χ1n) is 7.11. The Balaban J connectivity index is 0.000000251. The lowest BCUT2D eigenvalue weighted by Gasteiger charge is -1.98. The zero-order valence-corrected chi connectivity index (χ0v) is 15.1. The van der Waals surface area contributed by atoms with Crippen molar-refractivity contribution in [1.82, 2.24) is 0 Å². The number of Topliss-reactive ketones (excluding diaryl/α,β-unsaturated/α-hetero) is 3. The van der Waals surface area contributed by atoms with Gasteiger partial charge < -0.3 is 5.84 Å². The van der Waals surface area contributed by atoms with Crippen molar-refractivity contribution in [2.75, 3.05) is 0 Å². The maximum absolute atomic E-state index is 11.4. The largest absolute Gasteiger partial charge is 0.323 e. The van der Waals surface area contributed by atoms with E-state index in [-0.39, 0.29) is 11.5 Å². The summed E-state index contributed by atoms with van der Waals surface area (Å²) < 4.78 is 0. The highest BCUT2D eigenvalue weighted by atomic mass is 35.5. The molecule has 0 bridgehead atoms. The van der Waals surface area contributed by atoms with Gasteiger partial charge in [0, 0.05) is 28.1 Å². The molecule has 25 heavy (non-hydrogen) atoms. The van der Waals surface area contributed by atoms with Crippen LogP contribution in [-0.2, 0) is 4.79 Å². The summed E-state index contributed by atoms with van der Waals surface area (Å²) in [5.41, 5.74) is 1.20. The van der Waals surface area contributed by atoms with Crippen LogP contribution in [0, 0.1) is 0 Å². The summed E-state index contributed by atoms with van der Waals surface area (Å²) in [5, 5.41) is 4.47. The molecule has 0 amide bonds. The van der Waals surface area contributed by atoms with E-state index in [4.69, 9.17) is 29.0 Å². The van der Waals surface area contributed by atoms with Gasteiger partial charge in [-0.05, 0) is 55.5 Å². The van der Waals surface area contributed by atoms with Crippen LogP contribution in [0.2, 0.25) is 10.0 Å². The van der Waals surface area contributed by atoms with Crippen molar-refractivity contribution in [2.24, 2.45) is 10.9 Å². The van der Waals surface area contributed by atoms with Gasteiger partial charge in [0.1, 0.15) is 5.71 Å². The minimum atomic E-state index is -0.480.